The van der Waals surface area contributed by atoms with Gasteiger partial charge in [0.15, 0.2) is 0 Å². The Balaban J connectivity index is 1.70. The van der Waals surface area contributed by atoms with Crippen molar-refractivity contribution < 1.29 is 9.53 Å². The minimum atomic E-state index is -0.170. The monoisotopic (exact) mass is 229 g/mol. The van der Waals surface area contributed by atoms with E-state index in [0.717, 1.165) is 18.8 Å². The van der Waals surface area contributed by atoms with Gasteiger partial charge >= 0.3 is 6.09 Å². The maximum Gasteiger partial charge on any atom is 0.409 e. The highest BCUT2D eigenvalue weighted by atomic mass is 32.2. The molecule has 1 fully saturated rings. The average molecular weight is 229 g/mol. The van der Waals surface area contributed by atoms with Crippen LogP contribution >= 0.6 is 23.1 Å². The number of rotatable bonds is 4. The lowest BCUT2D eigenvalue weighted by atomic mass is 10.6. The van der Waals surface area contributed by atoms with Crippen molar-refractivity contribution in [1.29, 1.82) is 0 Å². The van der Waals surface area contributed by atoms with Gasteiger partial charge in [-0.25, -0.2) is 4.79 Å². The van der Waals surface area contributed by atoms with Crippen LogP contribution in [0.5, 0.6) is 0 Å². The highest BCUT2D eigenvalue weighted by molar-refractivity contribution is 8.01. The molecule has 0 saturated carbocycles. The predicted octanol–water partition coefficient (Wildman–Crippen LogP) is 2.29. The van der Waals surface area contributed by atoms with Gasteiger partial charge in [0.1, 0.15) is 6.61 Å². The third-order valence-electron chi connectivity index (χ3n) is 1.95. The summed E-state index contributed by atoms with van der Waals surface area (Å²) >= 11 is 3.52. The summed E-state index contributed by atoms with van der Waals surface area (Å²) in [4.78, 5) is 12.8. The zero-order valence-electron chi connectivity index (χ0n) is 7.64. The summed E-state index contributed by atoms with van der Waals surface area (Å²) in [5, 5.41) is 2.06. The van der Waals surface area contributed by atoms with E-state index < -0.39 is 0 Å². The van der Waals surface area contributed by atoms with Gasteiger partial charge in [-0.05, 0) is 11.4 Å². The van der Waals surface area contributed by atoms with Gasteiger partial charge in [0.05, 0.1) is 10.8 Å². The Kier molecular flexibility index (Phi) is 3.31. The number of thioether (sulfide) groups is 1. The SMILES string of the molecule is O=C1OCCN1CCSc1cccs1. The fourth-order valence-corrected chi connectivity index (χ4v) is 3.06. The van der Waals surface area contributed by atoms with Crippen molar-refractivity contribution in [2.45, 2.75) is 4.21 Å². The van der Waals surface area contributed by atoms with Crippen LogP contribution in [0.25, 0.3) is 0 Å². The lowest BCUT2D eigenvalue weighted by molar-refractivity contribution is 0.160. The van der Waals surface area contributed by atoms with E-state index in [1.165, 1.54) is 4.21 Å². The molecule has 76 valence electrons. The number of cyclic esters (lactones) is 1. The number of nitrogens with zero attached hydrogens (tertiary/aromatic N) is 1. The molecule has 0 aliphatic carbocycles. The van der Waals surface area contributed by atoms with Crippen LogP contribution in [0.3, 0.4) is 0 Å². The molecule has 1 aromatic rings. The van der Waals surface area contributed by atoms with Gasteiger partial charge in [0, 0.05) is 12.3 Å². The standard InChI is InChI=1S/C9H11NO2S2/c11-9-10(3-5-12-9)4-7-14-8-2-1-6-13-8/h1-2,6H,3-5,7H2. The topological polar surface area (TPSA) is 29.5 Å². The van der Waals surface area contributed by atoms with Crippen LogP contribution in [0, 0.1) is 0 Å². The van der Waals surface area contributed by atoms with Crippen LogP contribution < -0.4 is 0 Å². The second-order valence-corrected chi connectivity index (χ2v) is 5.22. The van der Waals surface area contributed by atoms with E-state index in [1.807, 2.05) is 6.07 Å². The average Bonchev–Trinajstić information content (AvgIpc) is 2.78. The summed E-state index contributed by atoms with van der Waals surface area (Å²) in [6.07, 6.45) is -0.170. The maximum atomic E-state index is 11.1. The smallest absolute Gasteiger partial charge is 0.409 e. The van der Waals surface area contributed by atoms with E-state index >= 15 is 0 Å². The molecule has 5 heteroatoms. The molecule has 1 amide bonds. The molecular weight excluding hydrogens is 218 g/mol. The molecule has 1 aromatic heterocycles. The molecule has 0 aromatic carbocycles. The van der Waals surface area contributed by atoms with Gasteiger partial charge < -0.3 is 9.64 Å². The fourth-order valence-electron chi connectivity index (χ4n) is 1.23. The zero-order chi connectivity index (χ0) is 9.80. The highest BCUT2D eigenvalue weighted by Gasteiger charge is 2.20. The number of carbonyl (C=O) groups is 1. The molecule has 0 N–H and O–H groups in total. The number of amides is 1. The molecular formula is C9H11NO2S2. The number of carbonyl (C=O) groups excluding carboxylic acids is 1. The third kappa shape index (κ3) is 2.42. The largest absolute Gasteiger partial charge is 0.448 e. The Labute approximate surface area is 91.0 Å². The Bertz CT molecular complexity index is 300. The summed E-state index contributed by atoms with van der Waals surface area (Å²) < 4.78 is 6.14. The third-order valence-corrected chi connectivity index (χ3v) is 4.06. The van der Waals surface area contributed by atoms with E-state index in [4.69, 9.17) is 4.74 Å². The summed E-state index contributed by atoms with van der Waals surface area (Å²) in [5.41, 5.74) is 0. The lowest BCUT2D eigenvalue weighted by Gasteiger charge is -2.10. The first-order chi connectivity index (χ1) is 6.86. The minimum absolute atomic E-state index is 0.170. The van der Waals surface area contributed by atoms with Gasteiger partial charge in [0.2, 0.25) is 0 Å². The molecule has 0 unspecified atom stereocenters. The quantitative estimate of drug-likeness (QED) is 0.742. The van der Waals surface area contributed by atoms with Crippen LogP contribution in [0.15, 0.2) is 21.7 Å². The normalized spacial score (nSPS) is 16.0. The van der Waals surface area contributed by atoms with E-state index in [-0.39, 0.29) is 6.09 Å². The maximum absolute atomic E-state index is 11.1. The molecule has 2 rings (SSSR count). The first-order valence-corrected chi connectivity index (χ1v) is 6.31. The second kappa shape index (κ2) is 4.70. The number of thiophene rings is 1. The summed E-state index contributed by atoms with van der Waals surface area (Å²) in [7, 11) is 0. The predicted molar refractivity (Wildman–Crippen MR) is 58.0 cm³/mol. The number of hydrogen-bond donors (Lipinski definition) is 0. The molecule has 14 heavy (non-hydrogen) atoms. The van der Waals surface area contributed by atoms with Gasteiger partial charge in [-0.3, -0.25) is 0 Å². The second-order valence-electron chi connectivity index (χ2n) is 2.88. The van der Waals surface area contributed by atoms with Gasteiger partial charge in [-0.15, -0.1) is 23.1 Å². The molecule has 1 saturated heterocycles. The summed E-state index contributed by atoms with van der Waals surface area (Å²) in [6.45, 7) is 2.06. The summed E-state index contributed by atoms with van der Waals surface area (Å²) in [6, 6.07) is 4.13. The van der Waals surface area contributed by atoms with Crippen molar-refractivity contribution in [3.63, 3.8) is 0 Å². The van der Waals surface area contributed by atoms with Crippen molar-refractivity contribution in [2.75, 3.05) is 25.4 Å². The first-order valence-electron chi connectivity index (χ1n) is 4.44. The molecule has 0 radical (unpaired) electrons. The van der Waals surface area contributed by atoms with E-state index in [0.29, 0.717) is 6.61 Å². The molecule has 0 bridgehead atoms. The summed E-state index contributed by atoms with van der Waals surface area (Å²) in [5.74, 6) is 0.940. The van der Waals surface area contributed by atoms with Crippen LogP contribution in [-0.4, -0.2) is 36.4 Å². The van der Waals surface area contributed by atoms with Crippen LogP contribution in [0.1, 0.15) is 0 Å². The Morgan fingerprint density at radius 3 is 3.21 bits per heavy atom. The minimum Gasteiger partial charge on any atom is -0.448 e. The van der Waals surface area contributed by atoms with E-state index in [2.05, 4.69) is 11.4 Å². The van der Waals surface area contributed by atoms with Crippen molar-refractivity contribution in [2.24, 2.45) is 0 Å². The Morgan fingerprint density at radius 1 is 1.64 bits per heavy atom. The lowest BCUT2D eigenvalue weighted by Crippen LogP contribution is -2.26. The van der Waals surface area contributed by atoms with Crippen LogP contribution in [0.2, 0.25) is 0 Å². The molecule has 3 nitrogen and oxygen atoms in total. The van der Waals surface area contributed by atoms with Crippen molar-refractivity contribution >= 4 is 29.2 Å². The molecule has 0 atom stereocenters. The van der Waals surface area contributed by atoms with Crippen LogP contribution in [-0.2, 0) is 4.74 Å². The number of hydrogen-bond acceptors (Lipinski definition) is 4. The Morgan fingerprint density at radius 2 is 2.57 bits per heavy atom. The van der Waals surface area contributed by atoms with Crippen LogP contribution in [0.4, 0.5) is 4.79 Å². The fraction of sp³-hybridized carbons (Fsp3) is 0.444. The van der Waals surface area contributed by atoms with Crippen molar-refractivity contribution in [1.82, 2.24) is 4.90 Å². The van der Waals surface area contributed by atoms with E-state index in [9.17, 15) is 4.79 Å². The first kappa shape index (κ1) is 9.86. The molecule has 1 aliphatic heterocycles. The molecule has 0 spiro atoms. The zero-order valence-corrected chi connectivity index (χ0v) is 9.27. The molecule has 2 heterocycles. The molecule has 1 aliphatic rings. The number of ether oxygens (including phenoxy) is 1. The van der Waals surface area contributed by atoms with Gasteiger partial charge in [-0.1, -0.05) is 6.07 Å². The van der Waals surface area contributed by atoms with Crippen molar-refractivity contribution in [3.8, 4) is 0 Å². The van der Waals surface area contributed by atoms with E-state index in [1.54, 1.807) is 28.0 Å². The Hall–Kier alpha value is -0.680. The van der Waals surface area contributed by atoms with Gasteiger partial charge in [-0.2, -0.15) is 0 Å². The van der Waals surface area contributed by atoms with Gasteiger partial charge in [0.25, 0.3) is 0 Å². The van der Waals surface area contributed by atoms with Crippen molar-refractivity contribution in [3.05, 3.63) is 17.5 Å². The highest BCUT2D eigenvalue weighted by Crippen LogP contribution is 2.23.